The largest absolute Gasteiger partial charge is 0.457 e. The zero-order valence-electron chi connectivity index (χ0n) is 31.7. The average Bonchev–Trinajstić information content (AvgIpc) is 3.31. The van der Waals surface area contributed by atoms with Gasteiger partial charge in [-0.2, -0.15) is 0 Å². The Morgan fingerprint density at radius 2 is 0.627 bits per heavy atom. The quantitative estimate of drug-likeness (QED) is 0.167. The number of rotatable bonds is 4. The molecule has 59 heavy (non-hydrogen) atoms. The molecule has 0 amide bonds. The molecule has 8 aromatic carbocycles. The molecule has 5 heteroatoms. The van der Waals surface area contributed by atoms with Crippen molar-refractivity contribution in [1.82, 2.24) is 0 Å². The number of ether oxygens (including phenoxy) is 1. The van der Waals surface area contributed by atoms with Gasteiger partial charge in [-0.05, 0) is 106 Å². The fourth-order valence-corrected chi connectivity index (χ4v) is 11.3. The first-order valence-electron chi connectivity index (χ1n) is 19.3. The van der Waals surface area contributed by atoms with E-state index in [1.165, 1.54) is 0 Å². The van der Waals surface area contributed by atoms with E-state index < -0.39 is 32.4 Å². The first kappa shape index (κ1) is 36.3. The fourth-order valence-electron chi connectivity index (χ4n) is 8.37. The van der Waals surface area contributed by atoms with E-state index in [1.807, 2.05) is 182 Å². The van der Waals surface area contributed by atoms with Crippen molar-refractivity contribution >= 4 is 21.6 Å². The summed E-state index contributed by atoms with van der Waals surface area (Å²) in [5, 5.41) is 0. The minimum absolute atomic E-state index is 0.663. The Morgan fingerprint density at radius 3 is 0.949 bits per heavy atom. The summed E-state index contributed by atoms with van der Waals surface area (Å²) in [7, 11) is -2.70. The monoisotopic (exact) mass is 794 g/mol. The molecule has 0 aliphatic carbocycles. The van der Waals surface area contributed by atoms with E-state index in [0.29, 0.717) is 11.5 Å². The van der Waals surface area contributed by atoms with Crippen LogP contribution in [0.2, 0.25) is 0 Å². The Hall–Kier alpha value is -7.02. The minimum Gasteiger partial charge on any atom is -0.457 e. The molecule has 0 spiro atoms. The van der Waals surface area contributed by atoms with Crippen LogP contribution in [0.5, 0.6) is 11.5 Å². The highest BCUT2D eigenvalue weighted by atomic mass is 32.2. The van der Waals surface area contributed by atoms with E-state index in [-0.39, 0.29) is 0 Å². The Bertz CT molecular complexity index is 2750. The summed E-state index contributed by atoms with van der Waals surface area (Å²) in [6.45, 7) is 0. The summed E-state index contributed by atoms with van der Waals surface area (Å²) in [6.07, 6.45) is 0. The van der Waals surface area contributed by atoms with Gasteiger partial charge in [-0.15, -0.1) is 0 Å². The molecular weight excluding hydrogens is 761 g/mol. The minimum atomic E-state index is -1.35. The van der Waals surface area contributed by atoms with Gasteiger partial charge in [0.2, 0.25) is 0 Å². The summed E-state index contributed by atoms with van der Waals surface area (Å²) in [4.78, 5) is 3.04. The highest BCUT2D eigenvalue weighted by molar-refractivity contribution is 7.85. The van der Waals surface area contributed by atoms with E-state index in [1.54, 1.807) is 0 Å². The molecule has 0 radical (unpaired) electrons. The van der Waals surface area contributed by atoms with Crippen molar-refractivity contribution in [2.24, 2.45) is 0 Å². The molecule has 2 heterocycles. The fraction of sp³-hybridized carbons (Fsp3) is 0.0370. The highest BCUT2D eigenvalue weighted by Crippen LogP contribution is 2.50. The second kappa shape index (κ2) is 15.1. The normalized spacial score (nSPS) is 19.5. The van der Waals surface area contributed by atoms with Gasteiger partial charge in [-0.3, -0.25) is 0 Å². The van der Waals surface area contributed by atoms with Crippen LogP contribution >= 0.6 is 0 Å². The zero-order chi connectivity index (χ0) is 39.8. The lowest BCUT2D eigenvalue weighted by molar-refractivity contribution is 0.481. The molecule has 2 aliphatic heterocycles. The predicted molar refractivity (Wildman–Crippen MR) is 234 cm³/mol. The maximum Gasteiger partial charge on any atom is 0.127 e. The maximum absolute atomic E-state index is 14.0. The van der Waals surface area contributed by atoms with Crippen molar-refractivity contribution in [2.45, 2.75) is 30.4 Å². The molecule has 0 fully saturated rings. The van der Waals surface area contributed by atoms with Crippen LogP contribution in [0.25, 0.3) is 0 Å². The van der Waals surface area contributed by atoms with Gasteiger partial charge >= 0.3 is 0 Å². The molecule has 8 aromatic rings. The van der Waals surface area contributed by atoms with Crippen LogP contribution in [0.4, 0.5) is 0 Å². The van der Waals surface area contributed by atoms with Gasteiger partial charge in [0.25, 0.3) is 0 Å². The lowest BCUT2D eigenvalue weighted by Crippen LogP contribution is -2.33. The maximum atomic E-state index is 14.0. The third-order valence-electron chi connectivity index (χ3n) is 11.1. The summed E-state index contributed by atoms with van der Waals surface area (Å²) in [6, 6.07) is 67.8. The van der Waals surface area contributed by atoms with Gasteiger partial charge in [-0.25, -0.2) is 8.42 Å². The third-order valence-corrected chi connectivity index (χ3v) is 14.1. The van der Waals surface area contributed by atoms with Crippen molar-refractivity contribution in [3.8, 4) is 35.2 Å². The lowest BCUT2D eigenvalue weighted by Gasteiger charge is -2.37. The van der Waals surface area contributed by atoms with Crippen LogP contribution < -0.4 is 4.74 Å². The molecule has 0 saturated heterocycles. The number of benzene rings is 8. The molecule has 3 nitrogen and oxygen atoms in total. The molecule has 0 atom stereocenters. The molecule has 2 aliphatic rings. The molecule has 10 rings (SSSR count). The molecule has 0 unspecified atom stereocenters. The Balaban J connectivity index is 1.05. The Morgan fingerprint density at radius 1 is 0.339 bits per heavy atom. The smallest absolute Gasteiger partial charge is 0.127 e. The van der Waals surface area contributed by atoms with Crippen LogP contribution in [-0.4, -0.2) is 8.42 Å². The van der Waals surface area contributed by atoms with Gasteiger partial charge in [0.1, 0.15) is 22.3 Å². The predicted octanol–water partition coefficient (Wildman–Crippen LogP) is 11.2. The third kappa shape index (κ3) is 6.15. The van der Waals surface area contributed by atoms with Crippen molar-refractivity contribution < 1.29 is 13.2 Å². The van der Waals surface area contributed by atoms with Crippen molar-refractivity contribution in [1.29, 1.82) is 0 Å². The van der Waals surface area contributed by atoms with Gasteiger partial charge in [-0.1, -0.05) is 157 Å². The van der Waals surface area contributed by atoms with E-state index in [2.05, 4.69) is 47.9 Å². The van der Waals surface area contributed by atoms with Crippen molar-refractivity contribution in [3.63, 3.8) is 0 Å². The zero-order valence-corrected chi connectivity index (χ0v) is 33.3. The number of hydrogen-bond donors (Lipinski definition) is 0. The van der Waals surface area contributed by atoms with Gasteiger partial charge in [0, 0.05) is 30.7 Å². The van der Waals surface area contributed by atoms with Crippen molar-refractivity contribution in [3.05, 3.63) is 251 Å². The Labute approximate surface area is 349 Å². The van der Waals surface area contributed by atoms with Gasteiger partial charge < -0.3 is 4.74 Å². The topological polar surface area (TPSA) is 43.4 Å². The lowest BCUT2D eigenvalue weighted by atomic mass is 9.69. The molecular formula is C54H34O3S2. The summed E-state index contributed by atoms with van der Waals surface area (Å²) < 4.78 is 34.5. The first-order chi connectivity index (χ1) is 29.1. The average molecular weight is 795 g/mol. The van der Waals surface area contributed by atoms with E-state index in [0.717, 1.165) is 64.1 Å². The highest BCUT2D eigenvalue weighted by Gasteiger charge is 2.45. The second-order valence-electron chi connectivity index (χ2n) is 14.4. The molecule has 0 aromatic heterocycles. The van der Waals surface area contributed by atoms with Gasteiger partial charge in [0.15, 0.2) is 0 Å². The van der Waals surface area contributed by atoms with E-state index >= 15 is 0 Å². The van der Waals surface area contributed by atoms with E-state index in [9.17, 15) is 8.42 Å². The van der Waals surface area contributed by atoms with Crippen LogP contribution in [0.1, 0.15) is 44.5 Å². The number of hydrogen-bond acceptors (Lipinski definition) is 3. The molecule has 0 bridgehead atoms. The number of fused-ring (bicyclic) bond motifs is 4. The van der Waals surface area contributed by atoms with Crippen LogP contribution in [-0.2, 0) is 32.4 Å². The van der Waals surface area contributed by atoms with E-state index in [4.69, 9.17) is 4.74 Å². The summed E-state index contributed by atoms with van der Waals surface area (Å²) >= 11 is 0. The van der Waals surface area contributed by atoms with Crippen molar-refractivity contribution in [2.75, 3.05) is 0 Å². The van der Waals surface area contributed by atoms with Crippen LogP contribution in [0.15, 0.2) is 226 Å². The molecule has 280 valence electrons. The van der Waals surface area contributed by atoms with Crippen LogP contribution in [0.3, 0.4) is 0 Å². The summed E-state index contributed by atoms with van der Waals surface area (Å²) in [5.41, 5.74) is 5.55. The summed E-state index contributed by atoms with van der Waals surface area (Å²) in [5.74, 6) is 15.6. The second-order valence-corrected chi connectivity index (χ2v) is 17.2. The molecule has 0 N–H and O–H groups in total. The standard InChI is InChI=1S/C54H34O3S2/c55-58-49-23-11-7-19-45(49)53(46-20-8-12-24-50(46)58,37-35-39-15-3-1-4-16-39)41-27-31-43(32-28-41)57-44-33-29-42(30-34-44)54(38-36-40-17-5-2-6-18-40)47-21-9-13-25-51(47)59(56)52-26-14-10-22-48(52)54/h1-34H. The first-order valence-corrected chi connectivity index (χ1v) is 21.6. The Kier molecular flexibility index (Phi) is 9.27. The SMILES string of the molecule is O=S1c2ccccc2C(C#Cc2ccccc2)(c2ccc(Oc3ccc(C4(C#Cc5ccccc5)c5ccccc5S(=O)c5ccccc54)cc3)cc2)c2ccccc21. The van der Waals surface area contributed by atoms with Gasteiger partial charge in [0.05, 0.1) is 21.6 Å². The molecule has 0 saturated carbocycles. The van der Waals surface area contributed by atoms with Crippen LogP contribution in [0, 0.1) is 23.7 Å².